The van der Waals surface area contributed by atoms with Gasteiger partial charge in [-0.05, 0) is 25.1 Å². The second kappa shape index (κ2) is 4.18. The number of nitrogens with one attached hydrogen (secondary N) is 2. The largest absolute Gasteiger partial charge is 0.379 e. The molecule has 2 heterocycles. The van der Waals surface area contributed by atoms with Gasteiger partial charge < -0.3 is 14.9 Å². The molecule has 0 bridgehead atoms. The Kier molecular flexibility index (Phi) is 2.51. The first-order valence-electron chi connectivity index (χ1n) is 5.88. The first-order chi connectivity index (χ1) is 8.72. The first-order valence-corrected chi connectivity index (χ1v) is 5.88. The number of fused-ring (bicyclic) bond motifs is 1. The van der Waals surface area contributed by atoms with Crippen LogP contribution in [-0.2, 0) is 13.6 Å². The molecule has 0 saturated carbocycles. The van der Waals surface area contributed by atoms with Crippen LogP contribution in [0, 0.1) is 6.92 Å². The van der Waals surface area contributed by atoms with Crippen LogP contribution >= 0.6 is 0 Å². The van der Waals surface area contributed by atoms with Gasteiger partial charge in [0, 0.05) is 18.9 Å². The summed E-state index contributed by atoms with van der Waals surface area (Å²) in [7, 11) is 1.99. The molecule has 3 aromatic rings. The molecule has 0 spiro atoms. The number of anilines is 1. The maximum atomic E-state index is 4.38. The lowest BCUT2D eigenvalue weighted by Crippen LogP contribution is -2.03. The smallest absolute Gasteiger partial charge is 0.104 e. The summed E-state index contributed by atoms with van der Waals surface area (Å²) in [5.41, 5.74) is 4.28. The molecule has 5 heteroatoms. The third kappa shape index (κ3) is 1.95. The van der Waals surface area contributed by atoms with E-state index in [4.69, 9.17) is 0 Å². The number of aryl methyl sites for hydroxylation is 2. The van der Waals surface area contributed by atoms with E-state index in [2.05, 4.69) is 26.3 Å². The summed E-state index contributed by atoms with van der Waals surface area (Å²) in [4.78, 5) is 11.7. The van der Waals surface area contributed by atoms with Crippen molar-refractivity contribution in [2.75, 3.05) is 5.32 Å². The second-order valence-corrected chi connectivity index (χ2v) is 4.40. The van der Waals surface area contributed by atoms with Crippen LogP contribution < -0.4 is 5.32 Å². The Labute approximate surface area is 105 Å². The molecule has 0 atom stereocenters. The van der Waals surface area contributed by atoms with Crippen LogP contribution in [0.5, 0.6) is 0 Å². The van der Waals surface area contributed by atoms with Gasteiger partial charge in [0.1, 0.15) is 5.82 Å². The minimum Gasteiger partial charge on any atom is -0.379 e. The number of H-pyrrole nitrogens is 1. The average Bonchev–Trinajstić information content (AvgIpc) is 2.90. The van der Waals surface area contributed by atoms with Gasteiger partial charge in [-0.25, -0.2) is 9.97 Å². The van der Waals surface area contributed by atoms with Crippen LogP contribution in [-0.4, -0.2) is 19.5 Å². The highest BCUT2D eigenvalue weighted by atomic mass is 15.0. The second-order valence-electron chi connectivity index (χ2n) is 4.40. The van der Waals surface area contributed by atoms with Crippen LogP contribution in [0.4, 0.5) is 5.69 Å². The Hall–Kier alpha value is -2.30. The predicted molar refractivity (Wildman–Crippen MR) is 71.4 cm³/mol. The van der Waals surface area contributed by atoms with E-state index in [9.17, 15) is 0 Å². The summed E-state index contributed by atoms with van der Waals surface area (Å²) in [6, 6.07) is 6.13. The number of hydrogen-bond acceptors (Lipinski definition) is 3. The van der Waals surface area contributed by atoms with E-state index in [0.29, 0.717) is 0 Å². The molecule has 1 aromatic carbocycles. The van der Waals surface area contributed by atoms with Crippen molar-refractivity contribution >= 4 is 16.7 Å². The van der Waals surface area contributed by atoms with E-state index < -0.39 is 0 Å². The van der Waals surface area contributed by atoms with Crippen LogP contribution in [0.25, 0.3) is 11.0 Å². The van der Waals surface area contributed by atoms with Gasteiger partial charge >= 0.3 is 0 Å². The molecule has 0 aliphatic heterocycles. The fourth-order valence-electron chi connectivity index (χ4n) is 1.99. The van der Waals surface area contributed by atoms with Crippen molar-refractivity contribution in [3.05, 3.63) is 42.2 Å². The molecule has 0 saturated heterocycles. The summed E-state index contributed by atoms with van der Waals surface area (Å²) in [6.45, 7) is 2.72. The molecule has 5 nitrogen and oxygen atoms in total. The molecule has 0 unspecified atom stereocenters. The Bertz CT molecular complexity index is 680. The van der Waals surface area contributed by atoms with Gasteiger partial charge in [-0.1, -0.05) is 0 Å². The van der Waals surface area contributed by atoms with Crippen molar-refractivity contribution in [3.8, 4) is 0 Å². The monoisotopic (exact) mass is 241 g/mol. The topological polar surface area (TPSA) is 58.5 Å². The number of rotatable bonds is 3. The minimum absolute atomic E-state index is 0.759. The van der Waals surface area contributed by atoms with Crippen LogP contribution in [0.2, 0.25) is 0 Å². The highest BCUT2D eigenvalue weighted by molar-refractivity contribution is 5.79. The van der Waals surface area contributed by atoms with Gasteiger partial charge in [0.15, 0.2) is 0 Å². The number of hydrogen-bond donors (Lipinski definition) is 2. The van der Waals surface area contributed by atoms with Crippen molar-refractivity contribution in [1.29, 1.82) is 0 Å². The fraction of sp³-hybridized carbons (Fsp3) is 0.231. The maximum absolute atomic E-state index is 4.38. The molecular weight excluding hydrogens is 226 g/mol. The standard InChI is InChI=1S/C13H15N5/c1-9-16-12-4-3-10(5-13(12)17-9)15-7-11-6-14-8-18(11)2/h3-6,8,15H,7H2,1-2H3,(H,16,17). The molecule has 2 aromatic heterocycles. The minimum atomic E-state index is 0.759. The normalized spacial score (nSPS) is 11.0. The highest BCUT2D eigenvalue weighted by Gasteiger charge is 2.02. The number of aromatic amines is 1. The number of imidazole rings is 2. The van der Waals surface area contributed by atoms with Crippen molar-refractivity contribution in [2.24, 2.45) is 7.05 Å². The molecule has 0 aliphatic rings. The summed E-state index contributed by atoms with van der Waals surface area (Å²) in [5.74, 6) is 0.939. The third-order valence-corrected chi connectivity index (χ3v) is 2.99. The van der Waals surface area contributed by atoms with E-state index in [-0.39, 0.29) is 0 Å². The summed E-state index contributed by atoms with van der Waals surface area (Å²) in [6.07, 6.45) is 3.67. The zero-order chi connectivity index (χ0) is 12.5. The molecule has 92 valence electrons. The van der Waals surface area contributed by atoms with Crippen molar-refractivity contribution in [1.82, 2.24) is 19.5 Å². The van der Waals surface area contributed by atoms with Crippen LogP contribution in [0.15, 0.2) is 30.7 Å². The van der Waals surface area contributed by atoms with Crippen LogP contribution in [0.1, 0.15) is 11.5 Å². The highest BCUT2D eigenvalue weighted by Crippen LogP contribution is 2.17. The van der Waals surface area contributed by atoms with Crippen molar-refractivity contribution < 1.29 is 0 Å². The molecular formula is C13H15N5. The third-order valence-electron chi connectivity index (χ3n) is 2.99. The fourth-order valence-corrected chi connectivity index (χ4v) is 1.99. The van der Waals surface area contributed by atoms with E-state index in [1.54, 1.807) is 6.33 Å². The molecule has 0 amide bonds. The van der Waals surface area contributed by atoms with Crippen molar-refractivity contribution in [2.45, 2.75) is 13.5 Å². The van der Waals surface area contributed by atoms with Gasteiger partial charge in [0.05, 0.1) is 29.6 Å². The zero-order valence-electron chi connectivity index (χ0n) is 10.4. The van der Waals surface area contributed by atoms with Gasteiger partial charge in [-0.15, -0.1) is 0 Å². The molecule has 0 aliphatic carbocycles. The molecule has 3 rings (SSSR count). The van der Waals surface area contributed by atoms with Crippen molar-refractivity contribution in [3.63, 3.8) is 0 Å². The lowest BCUT2D eigenvalue weighted by molar-refractivity contribution is 0.837. The van der Waals surface area contributed by atoms with Crippen LogP contribution in [0.3, 0.4) is 0 Å². The quantitative estimate of drug-likeness (QED) is 0.739. The van der Waals surface area contributed by atoms with E-state index >= 15 is 0 Å². The molecule has 0 fully saturated rings. The van der Waals surface area contributed by atoms with E-state index in [1.807, 2.05) is 36.9 Å². The van der Waals surface area contributed by atoms with Gasteiger partial charge in [0.2, 0.25) is 0 Å². The molecule has 2 N–H and O–H groups in total. The Morgan fingerprint density at radius 1 is 1.39 bits per heavy atom. The maximum Gasteiger partial charge on any atom is 0.104 e. The molecule has 0 radical (unpaired) electrons. The van der Waals surface area contributed by atoms with Gasteiger partial charge in [-0.3, -0.25) is 0 Å². The lowest BCUT2D eigenvalue weighted by Gasteiger charge is -2.06. The SMILES string of the molecule is Cc1nc2ccc(NCc3cncn3C)cc2[nH]1. The summed E-state index contributed by atoms with van der Waals surface area (Å²) < 4.78 is 2.01. The van der Waals surface area contributed by atoms with E-state index in [1.165, 1.54) is 0 Å². The predicted octanol–water partition coefficient (Wildman–Crippen LogP) is 2.22. The average molecular weight is 241 g/mol. The first kappa shape index (κ1) is 10.8. The Morgan fingerprint density at radius 3 is 3.06 bits per heavy atom. The Balaban J connectivity index is 1.80. The summed E-state index contributed by atoms with van der Waals surface area (Å²) >= 11 is 0. The zero-order valence-corrected chi connectivity index (χ0v) is 10.4. The Morgan fingerprint density at radius 2 is 2.28 bits per heavy atom. The number of nitrogens with zero attached hydrogens (tertiary/aromatic N) is 3. The van der Waals surface area contributed by atoms with Gasteiger partial charge in [-0.2, -0.15) is 0 Å². The lowest BCUT2D eigenvalue weighted by atomic mass is 10.2. The number of aromatic nitrogens is 4. The van der Waals surface area contributed by atoms with Gasteiger partial charge in [0.25, 0.3) is 0 Å². The summed E-state index contributed by atoms with van der Waals surface area (Å²) in [5, 5.41) is 3.38. The number of benzene rings is 1. The molecule has 18 heavy (non-hydrogen) atoms. The van der Waals surface area contributed by atoms with E-state index in [0.717, 1.165) is 34.8 Å².